The first-order chi connectivity index (χ1) is 16.8. The summed E-state index contributed by atoms with van der Waals surface area (Å²) >= 11 is 0. The SMILES string of the molecule is CC=Cc1cc(C(=O)Oc2c(F)c(F)c(F)c(F)c2F)ccc1N1CCN(C(=O)OC(C)(C)C)CC1. The van der Waals surface area contributed by atoms with Gasteiger partial charge in [0, 0.05) is 31.9 Å². The third-order valence-electron chi connectivity index (χ3n) is 5.25. The number of allylic oxidation sites excluding steroid dienone is 1. The monoisotopic (exact) mass is 512 g/mol. The van der Waals surface area contributed by atoms with Crippen molar-refractivity contribution in [2.45, 2.75) is 33.3 Å². The summed E-state index contributed by atoms with van der Waals surface area (Å²) in [5, 5.41) is 0. The Morgan fingerprint density at radius 1 is 0.889 bits per heavy atom. The van der Waals surface area contributed by atoms with Crippen LogP contribution in [-0.4, -0.2) is 48.7 Å². The van der Waals surface area contributed by atoms with E-state index in [0.29, 0.717) is 37.4 Å². The average molecular weight is 512 g/mol. The zero-order valence-electron chi connectivity index (χ0n) is 20.1. The molecule has 194 valence electrons. The van der Waals surface area contributed by atoms with Gasteiger partial charge in [0.1, 0.15) is 5.60 Å². The van der Waals surface area contributed by atoms with Crippen LogP contribution in [0, 0.1) is 29.1 Å². The third-order valence-corrected chi connectivity index (χ3v) is 5.25. The number of hydrogen-bond acceptors (Lipinski definition) is 5. The molecule has 3 rings (SSSR count). The number of nitrogens with zero attached hydrogens (tertiary/aromatic N) is 2. The van der Waals surface area contributed by atoms with E-state index in [4.69, 9.17) is 4.74 Å². The number of carbonyl (C=O) groups excluding carboxylic acids is 2. The van der Waals surface area contributed by atoms with E-state index in [-0.39, 0.29) is 5.56 Å². The van der Waals surface area contributed by atoms with Gasteiger partial charge in [-0.15, -0.1) is 0 Å². The van der Waals surface area contributed by atoms with Gasteiger partial charge in [-0.25, -0.2) is 22.8 Å². The van der Waals surface area contributed by atoms with Crippen LogP contribution in [0.2, 0.25) is 0 Å². The van der Waals surface area contributed by atoms with Crippen LogP contribution in [0.15, 0.2) is 24.3 Å². The average Bonchev–Trinajstić information content (AvgIpc) is 2.83. The molecule has 1 aliphatic heterocycles. The van der Waals surface area contributed by atoms with Crippen molar-refractivity contribution in [3.8, 4) is 5.75 Å². The minimum Gasteiger partial charge on any atom is -0.444 e. The Hall–Kier alpha value is -3.63. The predicted octanol–water partition coefficient (Wildman–Crippen LogP) is 5.69. The van der Waals surface area contributed by atoms with Crippen LogP contribution in [0.3, 0.4) is 0 Å². The lowest BCUT2D eigenvalue weighted by Crippen LogP contribution is -2.50. The maximum atomic E-state index is 13.9. The molecule has 0 bridgehead atoms. The van der Waals surface area contributed by atoms with Crippen molar-refractivity contribution in [3.63, 3.8) is 0 Å². The first-order valence-electron chi connectivity index (χ1n) is 11.1. The van der Waals surface area contributed by atoms with E-state index < -0.39 is 52.5 Å². The van der Waals surface area contributed by atoms with E-state index in [2.05, 4.69) is 4.74 Å². The molecule has 1 heterocycles. The quantitative estimate of drug-likeness (QED) is 0.173. The number of halogens is 5. The highest BCUT2D eigenvalue weighted by molar-refractivity contribution is 5.93. The molecule has 0 unspecified atom stereocenters. The highest BCUT2D eigenvalue weighted by Gasteiger charge is 2.30. The number of carbonyl (C=O) groups is 2. The zero-order chi connectivity index (χ0) is 26.8. The third kappa shape index (κ3) is 5.77. The summed E-state index contributed by atoms with van der Waals surface area (Å²) < 4.78 is 77.9. The lowest BCUT2D eigenvalue weighted by molar-refractivity contribution is 0.0240. The molecule has 36 heavy (non-hydrogen) atoms. The summed E-state index contributed by atoms with van der Waals surface area (Å²) in [6, 6.07) is 4.27. The molecule has 0 spiro atoms. The molecule has 2 aromatic carbocycles. The number of rotatable bonds is 4. The largest absolute Gasteiger partial charge is 0.444 e. The number of hydrogen-bond donors (Lipinski definition) is 0. The van der Waals surface area contributed by atoms with E-state index in [0.717, 1.165) is 0 Å². The van der Waals surface area contributed by atoms with Gasteiger partial charge in [0.05, 0.1) is 5.56 Å². The van der Waals surface area contributed by atoms with Gasteiger partial charge in [-0.05, 0) is 51.5 Å². The molecule has 1 fully saturated rings. The zero-order valence-corrected chi connectivity index (χ0v) is 20.1. The number of esters is 1. The number of amides is 1. The van der Waals surface area contributed by atoms with Gasteiger partial charge in [-0.3, -0.25) is 0 Å². The number of piperazine rings is 1. The first kappa shape index (κ1) is 27.0. The Bertz CT molecular complexity index is 1170. The number of ether oxygens (including phenoxy) is 2. The molecule has 1 amide bonds. The summed E-state index contributed by atoms with van der Waals surface area (Å²) in [6.07, 6.45) is 2.97. The fourth-order valence-corrected chi connectivity index (χ4v) is 3.56. The smallest absolute Gasteiger partial charge is 0.410 e. The van der Waals surface area contributed by atoms with Crippen molar-refractivity contribution in [2.24, 2.45) is 0 Å². The molecule has 11 heteroatoms. The highest BCUT2D eigenvalue weighted by Crippen LogP contribution is 2.31. The van der Waals surface area contributed by atoms with Crippen molar-refractivity contribution in [2.75, 3.05) is 31.1 Å². The Balaban J connectivity index is 1.80. The molecule has 2 aromatic rings. The Kier molecular flexibility index (Phi) is 7.90. The van der Waals surface area contributed by atoms with Gasteiger partial charge in [-0.2, -0.15) is 8.78 Å². The van der Waals surface area contributed by atoms with Crippen LogP contribution in [0.25, 0.3) is 6.08 Å². The van der Waals surface area contributed by atoms with Crippen LogP contribution in [-0.2, 0) is 4.74 Å². The summed E-state index contributed by atoms with van der Waals surface area (Å²) in [4.78, 5) is 28.4. The maximum Gasteiger partial charge on any atom is 0.410 e. The Labute approximate surface area is 204 Å². The van der Waals surface area contributed by atoms with Crippen molar-refractivity contribution in [1.82, 2.24) is 4.90 Å². The summed E-state index contributed by atoms with van der Waals surface area (Å²) in [5.41, 5.74) is 0.484. The van der Waals surface area contributed by atoms with Gasteiger partial charge < -0.3 is 19.3 Å². The molecular formula is C25H25F5N2O4. The molecule has 1 aliphatic rings. The lowest BCUT2D eigenvalue weighted by Gasteiger charge is -2.37. The van der Waals surface area contributed by atoms with E-state index in [1.54, 1.807) is 50.8 Å². The fourth-order valence-electron chi connectivity index (χ4n) is 3.56. The van der Waals surface area contributed by atoms with E-state index >= 15 is 0 Å². The summed E-state index contributed by atoms with van der Waals surface area (Å²) in [5.74, 6) is -14.2. The molecule has 0 atom stereocenters. The second kappa shape index (κ2) is 10.5. The molecule has 0 aromatic heterocycles. The van der Waals surface area contributed by atoms with Gasteiger partial charge in [0.25, 0.3) is 0 Å². The van der Waals surface area contributed by atoms with Crippen LogP contribution >= 0.6 is 0 Å². The van der Waals surface area contributed by atoms with Crippen LogP contribution in [0.1, 0.15) is 43.6 Å². The van der Waals surface area contributed by atoms with Crippen molar-refractivity contribution >= 4 is 23.8 Å². The molecule has 0 N–H and O–H groups in total. The van der Waals surface area contributed by atoms with Gasteiger partial charge in [0.15, 0.2) is 0 Å². The van der Waals surface area contributed by atoms with Crippen molar-refractivity contribution in [1.29, 1.82) is 0 Å². The normalized spacial score (nSPS) is 14.4. The molecule has 1 saturated heterocycles. The number of anilines is 1. The fraction of sp³-hybridized carbons (Fsp3) is 0.360. The number of benzene rings is 2. The van der Waals surface area contributed by atoms with Gasteiger partial charge in [-0.1, -0.05) is 12.2 Å². The highest BCUT2D eigenvalue weighted by atomic mass is 19.2. The first-order valence-corrected chi connectivity index (χ1v) is 11.1. The van der Waals surface area contributed by atoms with E-state index in [1.807, 2.05) is 4.90 Å². The lowest BCUT2D eigenvalue weighted by atomic mass is 10.1. The maximum absolute atomic E-state index is 13.9. The summed E-state index contributed by atoms with van der Waals surface area (Å²) in [6.45, 7) is 8.82. The Morgan fingerprint density at radius 3 is 1.97 bits per heavy atom. The van der Waals surface area contributed by atoms with E-state index in [1.165, 1.54) is 12.1 Å². The minimum atomic E-state index is -2.35. The molecule has 0 aliphatic carbocycles. The van der Waals surface area contributed by atoms with Crippen LogP contribution in [0.5, 0.6) is 5.75 Å². The predicted molar refractivity (Wildman–Crippen MR) is 122 cm³/mol. The second-order valence-corrected chi connectivity index (χ2v) is 9.02. The molecule has 6 nitrogen and oxygen atoms in total. The van der Waals surface area contributed by atoms with Crippen LogP contribution < -0.4 is 9.64 Å². The minimum absolute atomic E-state index is 0.164. The second-order valence-electron chi connectivity index (χ2n) is 9.02. The summed E-state index contributed by atoms with van der Waals surface area (Å²) in [7, 11) is 0. The molecule has 0 radical (unpaired) electrons. The van der Waals surface area contributed by atoms with Crippen molar-refractivity contribution < 1.29 is 41.0 Å². The van der Waals surface area contributed by atoms with Crippen LogP contribution in [0.4, 0.5) is 32.4 Å². The molecular weight excluding hydrogens is 487 g/mol. The Morgan fingerprint density at radius 2 is 1.44 bits per heavy atom. The van der Waals surface area contributed by atoms with E-state index in [9.17, 15) is 31.5 Å². The van der Waals surface area contributed by atoms with Gasteiger partial charge >= 0.3 is 12.1 Å². The topological polar surface area (TPSA) is 59.1 Å². The van der Waals surface area contributed by atoms with Gasteiger partial charge in [0.2, 0.25) is 34.8 Å². The molecule has 0 saturated carbocycles. The van der Waals surface area contributed by atoms with Crippen molar-refractivity contribution in [3.05, 3.63) is 64.5 Å². The standard InChI is InChI=1S/C25H25F5N2O4/c1-5-6-14-13-15(23(33)35-22-20(29)18(27)17(26)19(28)21(22)30)7-8-16(14)31-9-11-32(12-10-31)24(34)36-25(2,3)4/h5-8,13H,9-12H2,1-4H3.